The molecule has 2 aliphatic heterocycles. The van der Waals surface area contributed by atoms with Crippen LogP contribution in [0.25, 0.3) is 0 Å². The Morgan fingerprint density at radius 3 is 2.59 bits per heavy atom. The maximum atomic E-state index is 8.17. The highest BCUT2D eigenvalue weighted by Gasteiger charge is 2.23. The second-order valence-electron chi connectivity index (χ2n) is 4.98. The number of hydrogen-bond acceptors (Lipinski definition) is 2. The van der Waals surface area contributed by atoms with Gasteiger partial charge in [0, 0.05) is 25.2 Å². The van der Waals surface area contributed by atoms with E-state index < -0.39 is 0 Å². The first-order chi connectivity index (χ1) is 8.34. The van der Waals surface area contributed by atoms with Crippen LogP contribution in [-0.2, 0) is 6.54 Å². The van der Waals surface area contributed by atoms with Crippen molar-refractivity contribution in [3.63, 3.8) is 0 Å². The summed E-state index contributed by atoms with van der Waals surface area (Å²) in [5.41, 5.74) is 2.42. The summed E-state index contributed by atoms with van der Waals surface area (Å²) in [7, 11) is 0. The van der Waals surface area contributed by atoms with Gasteiger partial charge in [0.1, 0.15) is 5.84 Å². The molecule has 0 unspecified atom stereocenters. The van der Waals surface area contributed by atoms with Gasteiger partial charge in [-0.15, -0.1) is 0 Å². The quantitative estimate of drug-likeness (QED) is 0.858. The number of rotatable bonds is 3. The molecule has 1 aromatic carbocycles. The maximum Gasteiger partial charge on any atom is 0.128 e. The molecule has 0 spiro atoms. The van der Waals surface area contributed by atoms with Crippen molar-refractivity contribution in [2.75, 3.05) is 26.2 Å². The Bertz CT molecular complexity index is 421. The van der Waals surface area contributed by atoms with Gasteiger partial charge in [-0.05, 0) is 31.5 Å². The molecule has 1 N–H and O–H groups in total. The molecule has 2 aliphatic rings. The summed E-state index contributed by atoms with van der Waals surface area (Å²) in [6.45, 7) is 5.51. The summed E-state index contributed by atoms with van der Waals surface area (Å²) in [6.07, 6.45) is 2.69. The van der Waals surface area contributed by atoms with Crippen molar-refractivity contribution >= 4 is 5.84 Å². The second-order valence-corrected chi connectivity index (χ2v) is 4.98. The number of benzene rings is 1. The minimum atomic E-state index is 0.708. The van der Waals surface area contributed by atoms with Crippen LogP contribution in [0.3, 0.4) is 0 Å². The number of likely N-dealkylation sites (tertiary alicyclic amines) is 1. The highest BCUT2D eigenvalue weighted by molar-refractivity contribution is 6.00. The molecule has 0 aliphatic carbocycles. The number of amidine groups is 1. The van der Waals surface area contributed by atoms with E-state index in [0.717, 1.165) is 25.2 Å². The van der Waals surface area contributed by atoms with Crippen molar-refractivity contribution in [3.8, 4) is 0 Å². The number of fused-ring (bicyclic) bond motifs is 1. The van der Waals surface area contributed by atoms with Crippen LogP contribution >= 0.6 is 0 Å². The van der Waals surface area contributed by atoms with Crippen molar-refractivity contribution in [2.24, 2.45) is 0 Å². The minimum absolute atomic E-state index is 0.708. The van der Waals surface area contributed by atoms with E-state index in [0.29, 0.717) is 5.84 Å². The fraction of sp³-hybridized carbons (Fsp3) is 0.500. The van der Waals surface area contributed by atoms with Crippen LogP contribution in [0.4, 0.5) is 0 Å². The summed E-state index contributed by atoms with van der Waals surface area (Å²) in [4.78, 5) is 4.71. The van der Waals surface area contributed by atoms with E-state index in [-0.39, 0.29) is 0 Å². The third-order valence-corrected chi connectivity index (χ3v) is 3.83. The smallest absolute Gasteiger partial charge is 0.128 e. The zero-order chi connectivity index (χ0) is 11.7. The average Bonchev–Trinajstić information content (AvgIpc) is 2.96. The van der Waals surface area contributed by atoms with Gasteiger partial charge in [-0.2, -0.15) is 0 Å². The molecule has 0 radical (unpaired) electrons. The van der Waals surface area contributed by atoms with Crippen LogP contribution in [0.5, 0.6) is 0 Å². The van der Waals surface area contributed by atoms with E-state index >= 15 is 0 Å². The fourth-order valence-electron chi connectivity index (χ4n) is 2.80. The van der Waals surface area contributed by atoms with E-state index in [1.165, 1.54) is 31.5 Å². The van der Waals surface area contributed by atoms with Gasteiger partial charge in [0.15, 0.2) is 0 Å². The van der Waals surface area contributed by atoms with Crippen LogP contribution < -0.4 is 0 Å². The lowest BCUT2D eigenvalue weighted by molar-refractivity contribution is 0.291. The zero-order valence-electron chi connectivity index (χ0n) is 10.2. The molecule has 2 heterocycles. The van der Waals surface area contributed by atoms with Crippen molar-refractivity contribution in [2.45, 2.75) is 19.4 Å². The van der Waals surface area contributed by atoms with Crippen LogP contribution in [0, 0.1) is 5.41 Å². The first-order valence-corrected chi connectivity index (χ1v) is 6.49. The number of nitrogens with one attached hydrogen (secondary N) is 1. The maximum absolute atomic E-state index is 8.17. The summed E-state index contributed by atoms with van der Waals surface area (Å²) in [6, 6.07) is 8.29. The number of nitrogens with zero attached hydrogens (tertiary/aromatic N) is 2. The van der Waals surface area contributed by atoms with Gasteiger partial charge in [-0.3, -0.25) is 5.41 Å². The van der Waals surface area contributed by atoms with E-state index in [9.17, 15) is 0 Å². The van der Waals surface area contributed by atoms with Crippen LogP contribution in [0.15, 0.2) is 24.3 Å². The van der Waals surface area contributed by atoms with Gasteiger partial charge in [0.2, 0.25) is 0 Å². The Morgan fingerprint density at radius 1 is 1.06 bits per heavy atom. The van der Waals surface area contributed by atoms with Crippen LogP contribution in [0.2, 0.25) is 0 Å². The standard InChI is InChI=1S/C14H19N3/c15-14-13-6-2-1-5-12(13)11-17(14)10-9-16-7-3-4-8-16/h1-2,5-6,15H,3-4,7-11H2. The Labute approximate surface area is 103 Å². The molecular formula is C14H19N3. The predicted molar refractivity (Wildman–Crippen MR) is 69.4 cm³/mol. The SMILES string of the molecule is N=C1c2ccccc2CN1CCN1CCCC1. The number of hydrogen-bond donors (Lipinski definition) is 1. The molecule has 0 bridgehead atoms. The first kappa shape index (κ1) is 10.8. The summed E-state index contributed by atoms with van der Waals surface area (Å²) in [5.74, 6) is 0.708. The molecule has 1 aromatic rings. The monoisotopic (exact) mass is 229 g/mol. The lowest BCUT2D eigenvalue weighted by atomic mass is 10.1. The highest BCUT2D eigenvalue weighted by Crippen LogP contribution is 2.22. The predicted octanol–water partition coefficient (Wildman–Crippen LogP) is 1.92. The molecule has 0 saturated carbocycles. The Hall–Kier alpha value is -1.35. The summed E-state index contributed by atoms with van der Waals surface area (Å²) < 4.78 is 0. The van der Waals surface area contributed by atoms with Crippen LogP contribution in [-0.4, -0.2) is 41.8 Å². The van der Waals surface area contributed by atoms with Gasteiger partial charge < -0.3 is 9.80 Å². The minimum Gasteiger partial charge on any atom is -0.351 e. The van der Waals surface area contributed by atoms with E-state index in [1.54, 1.807) is 0 Å². The lowest BCUT2D eigenvalue weighted by Gasteiger charge is -2.22. The molecule has 0 amide bonds. The third kappa shape index (κ3) is 2.07. The topological polar surface area (TPSA) is 30.3 Å². The third-order valence-electron chi connectivity index (χ3n) is 3.83. The van der Waals surface area contributed by atoms with E-state index in [4.69, 9.17) is 5.41 Å². The molecule has 3 nitrogen and oxygen atoms in total. The van der Waals surface area contributed by atoms with Crippen molar-refractivity contribution in [1.29, 1.82) is 5.41 Å². The van der Waals surface area contributed by atoms with Gasteiger partial charge in [0.05, 0.1) is 0 Å². The highest BCUT2D eigenvalue weighted by atomic mass is 15.2. The second kappa shape index (κ2) is 4.49. The van der Waals surface area contributed by atoms with Gasteiger partial charge in [0.25, 0.3) is 0 Å². The molecular weight excluding hydrogens is 210 g/mol. The van der Waals surface area contributed by atoms with Crippen molar-refractivity contribution in [3.05, 3.63) is 35.4 Å². The first-order valence-electron chi connectivity index (χ1n) is 6.49. The lowest BCUT2D eigenvalue weighted by Crippen LogP contribution is -2.33. The van der Waals surface area contributed by atoms with Gasteiger partial charge in [-0.25, -0.2) is 0 Å². The summed E-state index contributed by atoms with van der Waals surface area (Å²) >= 11 is 0. The van der Waals surface area contributed by atoms with Crippen molar-refractivity contribution < 1.29 is 0 Å². The Kier molecular flexibility index (Phi) is 2.85. The molecule has 3 heteroatoms. The molecule has 1 saturated heterocycles. The molecule has 90 valence electrons. The van der Waals surface area contributed by atoms with Crippen LogP contribution in [0.1, 0.15) is 24.0 Å². The average molecular weight is 229 g/mol. The van der Waals surface area contributed by atoms with Gasteiger partial charge in [-0.1, -0.05) is 24.3 Å². The molecule has 0 atom stereocenters. The molecule has 0 aromatic heterocycles. The van der Waals surface area contributed by atoms with Crippen molar-refractivity contribution in [1.82, 2.24) is 9.80 Å². The molecule has 1 fully saturated rings. The normalized spacial score (nSPS) is 20.0. The van der Waals surface area contributed by atoms with E-state index in [1.807, 2.05) is 6.07 Å². The Balaban J connectivity index is 1.61. The molecule has 17 heavy (non-hydrogen) atoms. The zero-order valence-corrected chi connectivity index (χ0v) is 10.2. The summed E-state index contributed by atoms with van der Waals surface area (Å²) in [5, 5.41) is 8.17. The fourth-order valence-corrected chi connectivity index (χ4v) is 2.80. The largest absolute Gasteiger partial charge is 0.351 e. The van der Waals surface area contributed by atoms with E-state index in [2.05, 4.69) is 28.0 Å². The molecule has 3 rings (SSSR count). The van der Waals surface area contributed by atoms with Gasteiger partial charge >= 0.3 is 0 Å². The Morgan fingerprint density at radius 2 is 1.82 bits per heavy atom.